The molecule has 1 unspecified atom stereocenters. The zero-order valence-corrected chi connectivity index (χ0v) is 13.8. The summed E-state index contributed by atoms with van der Waals surface area (Å²) in [6.07, 6.45) is 4.82. The Morgan fingerprint density at radius 1 is 1.30 bits per heavy atom. The molecule has 1 heterocycles. The summed E-state index contributed by atoms with van der Waals surface area (Å²) >= 11 is 0. The van der Waals surface area contributed by atoms with Crippen molar-refractivity contribution in [1.29, 1.82) is 5.26 Å². The van der Waals surface area contributed by atoms with Crippen LogP contribution in [0.25, 0.3) is 11.3 Å². The van der Waals surface area contributed by atoms with E-state index in [0.717, 1.165) is 30.5 Å². The van der Waals surface area contributed by atoms with Crippen molar-refractivity contribution >= 4 is 5.95 Å². The Labute approximate surface area is 137 Å². The third kappa shape index (κ3) is 4.19. The molecule has 0 amide bonds. The minimum Gasteiger partial charge on any atom is -0.489 e. The van der Waals surface area contributed by atoms with Gasteiger partial charge in [-0.2, -0.15) is 5.26 Å². The van der Waals surface area contributed by atoms with E-state index < -0.39 is 0 Å². The lowest BCUT2D eigenvalue weighted by Gasteiger charge is -2.18. The molecule has 120 valence electrons. The van der Waals surface area contributed by atoms with Crippen molar-refractivity contribution < 1.29 is 4.74 Å². The molecule has 0 aliphatic heterocycles. The fourth-order valence-corrected chi connectivity index (χ4v) is 2.37. The minimum absolute atomic E-state index is 0.146. The molecule has 0 spiro atoms. The largest absolute Gasteiger partial charge is 0.489 e. The Balaban J connectivity index is 2.30. The number of rotatable bonds is 7. The molecule has 0 fully saturated rings. The van der Waals surface area contributed by atoms with Crippen LogP contribution in [0.15, 0.2) is 30.5 Å². The van der Waals surface area contributed by atoms with Crippen LogP contribution < -0.4 is 10.1 Å². The van der Waals surface area contributed by atoms with E-state index in [4.69, 9.17) is 4.74 Å². The third-order valence-corrected chi connectivity index (χ3v) is 3.63. The highest BCUT2D eigenvalue weighted by atomic mass is 16.5. The highest BCUT2D eigenvalue weighted by molar-refractivity contribution is 5.64. The molecule has 5 nitrogen and oxygen atoms in total. The van der Waals surface area contributed by atoms with Crippen LogP contribution in [-0.4, -0.2) is 23.1 Å². The number of nitrogens with one attached hydrogen (secondary N) is 1. The van der Waals surface area contributed by atoms with Crippen LogP contribution in [0, 0.1) is 11.3 Å². The van der Waals surface area contributed by atoms with Gasteiger partial charge in [-0.1, -0.05) is 20.3 Å². The molecular formula is C18H22N4O. The van der Waals surface area contributed by atoms with Crippen LogP contribution in [0.2, 0.25) is 0 Å². The highest BCUT2D eigenvalue weighted by Crippen LogP contribution is 2.27. The molecule has 1 atom stereocenters. The highest BCUT2D eigenvalue weighted by Gasteiger charge is 2.12. The lowest BCUT2D eigenvalue weighted by Crippen LogP contribution is -2.15. The van der Waals surface area contributed by atoms with Crippen molar-refractivity contribution in [2.24, 2.45) is 0 Å². The van der Waals surface area contributed by atoms with E-state index in [1.807, 2.05) is 24.3 Å². The molecule has 0 aliphatic rings. The summed E-state index contributed by atoms with van der Waals surface area (Å²) in [4.78, 5) is 8.50. The first-order valence-electron chi connectivity index (χ1n) is 7.93. The van der Waals surface area contributed by atoms with Crippen molar-refractivity contribution in [3.63, 3.8) is 0 Å². The van der Waals surface area contributed by atoms with E-state index >= 15 is 0 Å². The second kappa shape index (κ2) is 8.14. The van der Waals surface area contributed by atoms with Gasteiger partial charge in [-0.25, -0.2) is 9.97 Å². The predicted octanol–water partition coefficient (Wildman–Crippen LogP) is 4.01. The first-order valence-corrected chi connectivity index (χ1v) is 7.93. The SMILES string of the molecule is CCCC(CC)Oc1ccc(-c2ccnc(NC)n2)cc1C#N. The molecule has 1 N–H and O–H groups in total. The number of hydrogen-bond acceptors (Lipinski definition) is 5. The van der Waals surface area contributed by atoms with Gasteiger partial charge in [0.05, 0.1) is 17.4 Å². The first-order chi connectivity index (χ1) is 11.2. The van der Waals surface area contributed by atoms with Gasteiger partial charge in [-0.15, -0.1) is 0 Å². The van der Waals surface area contributed by atoms with Gasteiger partial charge in [-0.3, -0.25) is 0 Å². The zero-order chi connectivity index (χ0) is 16.7. The van der Waals surface area contributed by atoms with Crippen LogP contribution in [0.4, 0.5) is 5.95 Å². The third-order valence-electron chi connectivity index (χ3n) is 3.63. The van der Waals surface area contributed by atoms with Crippen molar-refractivity contribution in [3.8, 4) is 23.1 Å². The summed E-state index contributed by atoms with van der Waals surface area (Å²) in [7, 11) is 1.77. The van der Waals surface area contributed by atoms with E-state index in [1.165, 1.54) is 0 Å². The van der Waals surface area contributed by atoms with Gasteiger partial charge in [0.15, 0.2) is 0 Å². The summed E-state index contributed by atoms with van der Waals surface area (Å²) in [6, 6.07) is 9.64. The van der Waals surface area contributed by atoms with Crippen molar-refractivity contribution in [1.82, 2.24) is 9.97 Å². The maximum atomic E-state index is 9.43. The normalized spacial score (nSPS) is 11.6. The minimum atomic E-state index is 0.146. The van der Waals surface area contributed by atoms with Crippen molar-refractivity contribution in [2.45, 2.75) is 39.2 Å². The average Bonchev–Trinajstić information content (AvgIpc) is 2.61. The van der Waals surface area contributed by atoms with Crippen molar-refractivity contribution in [3.05, 3.63) is 36.0 Å². The Bertz CT molecular complexity index is 694. The summed E-state index contributed by atoms with van der Waals surface area (Å²) in [5.74, 6) is 1.19. The van der Waals surface area contributed by atoms with Gasteiger partial charge in [0.25, 0.3) is 0 Å². The molecular weight excluding hydrogens is 288 g/mol. The number of benzene rings is 1. The van der Waals surface area contributed by atoms with Crippen LogP contribution in [0.1, 0.15) is 38.7 Å². The molecule has 0 saturated heterocycles. The summed E-state index contributed by atoms with van der Waals surface area (Å²) in [6.45, 7) is 4.23. The number of hydrogen-bond donors (Lipinski definition) is 1. The topological polar surface area (TPSA) is 70.8 Å². The van der Waals surface area contributed by atoms with Crippen LogP contribution >= 0.6 is 0 Å². The van der Waals surface area contributed by atoms with Gasteiger partial charge >= 0.3 is 0 Å². The fraction of sp³-hybridized carbons (Fsp3) is 0.389. The van der Waals surface area contributed by atoms with Gasteiger partial charge in [-0.05, 0) is 37.1 Å². The molecule has 0 aliphatic carbocycles. The first kappa shape index (κ1) is 16.8. The Morgan fingerprint density at radius 2 is 2.13 bits per heavy atom. The number of ether oxygens (including phenoxy) is 1. The van der Waals surface area contributed by atoms with Crippen LogP contribution in [-0.2, 0) is 0 Å². The number of nitrogens with zero attached hydrogens (tertiary/aromatic N) is 3. The van der Waals surface area contributed by atoms with E-state index in [2.05, 4.69) is 35.2 Å². The molecule has 2 rings (SSSR count). The van der Waals surface area contributed by atoms with Crippen LogP contribution in [0.3, 0.4) is 0 Å². The van der Waals surface area contributed by atoms with Crippen LogP contribution in [0.5, 0.6) is 5.75 Å². The maximum Gasteiger partial charge on any atom is 0.222 e. The van der Waals surface area contributed by atoms with Gasteiger partial charge in [0.1, 0.15) is 11.8 Å². The van der Waals surface area contributed by atoms with Gasteiger partial charge in [0.2, 0.25) is 5.95 Å². The Hall–Kier alpha value is -2.61. The Kier molecular flexibility index (Phi) is 5.93. The zero-order valence-electron chi connectivity index (χ0n) is 13.8. The molecule has 2 aromatic rings. The fourth-order valence-electron chi connectivity index (χ4n) is 2.37. The van der Waals surface area contributed by atoms with Crippen molar-refractivity contribution in [2.75, 3.05) is 12.4 Å². The maximum absolute atomic E-state index is 9.43. The van der Waals surface area contributed by atoms with Gasteiger partial charge in [0, 0.05) is 18.8 Å². The standard InChI is InChI=1S/C18H22N4O/c1-4-6-15(5-2)23-17-8-7-13(11-14(17)12-19)16-9-10-21-18(20-3)22-16/h7-11,15H,4-6H2,1-3H3,(H,20,21,22). The second-order valence-corrected chi connectivity index (χ2v) is 5.28. The van der Waals surface area contributed by atoms with E-state index in [0.29, 0.717) is 17.3 Å². The summed E-state index contributed by atoms with van der Waals surface area (Å²) in [5, 5.41) is 12.3. The molecule has 0 radical (unpaired) electrons. The summed E-state index contributed by atoms with van der Waals surface area (Å²) < 4.78 is 5.99. The van der Waals surface area contributed by atoms with E-state index in [9.17, 15) is 5.26 Å². The Morgan fingerprint density at radius 3 is 2.78 bits per heavy atom. The van der Waals surface area contributed by atoms with Gasteiger partial charge < -0.3 is 10.1 Å². The molecule has 1 aromatic heterocycles. The molecule has 5 heteroatoms. The quantitative estimate of drug-likeness (QED) is 0.836. The lowest BCUT2D eigenvalue weighted by atomic mass is 10.1. The number of aromatic nitrogens is 2. The number of nitriles is 1. The summed E-state index contributed by atoms with van der Waals surface area (Å²) in [5.41, 5.74) is 2.17. The second-order valence-electron chi connectivity index (χ2n) is 5.28. The molecule has 23 heavy (non-hydrogen) atoms. The van der Waals surface area contributed by atoms with E-state index in [-0.39, 0.29) is 6.10 Å². The lowest BCUT2D eigenvalue weighted by molar-refractivity contribution is 0.185. The predicted molar refractivity (Wildman–Crippen MR) is 91.3 cm³/mol. The smallest absolute Gasteiger partial charge is 0.222 e. The average molecular weight is 310 g/mol. The van der Waals surface area contributed by atoms with E-state index in [1.54, 1.807) is 13.2 Å². The molecule has 0 saturated carbocycles. The molecule has 0 bridgehead atoms. The molecule has 1 aromatic carbocycles. The number of anilines is 1. The monoisotopic (exact) mass is 310 g/mol.